The zero-order valence-electron chi connectivity index (χ0n) is 12.9. The zero-order valence-corrected chi connectivity index (χ0v) is 13.7. The molecule has 23 heavy (non-hydrogen) atoms. The van der Waals surface area contributed by atoms with Crippen molar-refractivity contribution in [3.05, 3.63) is 45.4 Å². The Bertz CT molecular complexity index is 792. The van der Waals surface area contributed by atoms with Crippen LogP contribution in [0, 0.1) is 25.2 Å². The number of amides is 1. The van der Waals surface area contributed by atoms with Gasteiger partial charge in [-0.05, 0) is 32.9 Å². The van der Waals surface area contributed by atoms with E-state index in [4.69, 9.17) is 10.00 Å². The summed E-state index contributed by atoms with van der Waals surface area (Å²) in [5, 5.41) is 12.4. The first-order valence-corrected chi connectivity index (χ1v) is 7.69. The summed E-state index contributed by atoms with van der Waals surface area (Å²) >= 11 is 1.23. The molecular weight excluding hydrogens is 314 g/mol. The van der Waals surface area contributed by atoms with Crippen LogP contribution >= 0.6 is 11.3 Å². The van der Waals surface area contributed by atoms with Gasteiger partial charge in [-0.3, -0.25) is 4.79 Å². The highest BCUT2D eigenvalue weighted by Crippen LogP contribution is 2.19. The largest absolute Gasteiger partial charge is 0.448 e. The molecule has 0 aliphatic carbocycles. The van der Waals surface area contributed by atoms with E-state index in [0.29, 0.717) is 21.8 Å². The molecule has 0 aliphatic heterocycles. The number of para-hydroxylation sites is 1. The molecule has 0 saturated heterocycles. The number of nitrogens with zero attached hydrogens (tertiary/aromatic N) is 2. The van der Waals surface area contributed by atoms with Gasteiger partial charge >= 0.3 is 5.97 Å². The average molecular weight is 329 g/mol. The van der Waals surface area contributed by atoms with Crippen LogP contribution in [0.3, 0.4) is 0 Å². The van der Waals surface area contributed by atoms with Crippen LogP contribution in [0.4, 0.5) is 5.69 Å². The van der Waals surface area contributed by atoms with Crippen molar-refractivity contribution >= 4 is 28.9 Å². The Morgan fingerprint density at radius 2 is 2.04 bits per heavy atom. The third kappa shape index (κ3) is 3.93. The number of carbonyl (C=O) groups excluding carboxylic acids is 2. The maximum absolute atomic E-state index is 12.1. The molecule has 1 atom stereocenters. The number of ether oxygens (including phenoxy) is 1. The number of thiazole rings is 1. The fraction of sp³-hybridized carbons (Fsp3) is 0.250. The lowest BCUT2D eigenvalue weighted by atomic mass is 10.2. The molecule has 0 radical (unpaired) electrons. The number of carbonyl (C=O) groups is 2. The molecule has 118 valence electrons. The van der Waals surface area contributed by atoms with E-state index < -0.39 is 18.0 Å². The van der Waals surface area contributed by atoms with E-state index >= 15 is 0 Å². The van der Waals surface area contributed by atoms with Crippen LogP contribution in [0.2, 0.25) is 0 Å². The third-order valence-electron chi connectivity index (χ3n) is 3.05. The highest BCUT2D eigenvalue weighted by molar-refractivity contribution is 7.13. The number of hydrogen-bond donors (Lipinski definition) is 1. The Labute approximate surface area is 137 Å². The highest BCUT2D eigenvalue weighted by atomic mass is 32.1. The fourth-order valence-electron chi connectivity index (χ4n) is 1.91. The van der Waals surface area contributed by atoms with E-state index in [9.17, 15) is 9.59 Å². The van der Waals surface area contributed by atoms with Gasteiger partial charge in [0.2, 0.25) is 0 Å². The number of nitriles is 1. The molecule has 0 saturated carbocycles. The lowest BCUT2D eigenvalue weighted by molar-refractivity contribution is -0.123. The smallest absolute Gasteiger partial charge is 0.351 e. The first-order chi connectivity index (χ1) is 10.9. The molecular formula is C16H15N3O3S. The summed E-state index contributed by atoms with van der Waals surface area (Å²) in [6.07, 6.45) is -0.990. The van der Waals surface area contributed by atoms with Crippen molar-refractivity contribution in [3.8, 4) is 6.07 Å². The molecule has 1 amide bonds. The minimum Gasteiger partial charge on any atom is -0.448 e. The molecule has 2 rings (SSSR count). The van der Waals surface area contributed by atoms with Gasteiger partial charge in [0.15, 0.2) is 6.10 Å². The van der Waals surface area contributed by atoms with E-state index in [0.717, 1.165) is 5.01 Å². The Kier molecular flexibility index (Phi) is 5.09. The van der Waals surface area contributed by atoms with Gasteiger partial charge in [0.1, 0.15) is 10.9 Å². The highest BCUT2D eigenvalue weighted by Gasteiger charge is 2.22. The topological polar surface area (TPSA) is 92.1 Å². The van der Waals surface area contributed by atoms with Crippen LogP contribution in [-0.2, 0) is 9.53 Å². The predicted molar refractivity (Wildman–Crippen MR) is 86.3 cm³/mol. The number of benzene rings is 1. The summed E-state index contributed by atoms with van der Waals surface area (Å²) in [5.41, 5.74) is 1.31. The van der Waals surface area contributed by atoms with Crippen molar-refractivity contribution in [1.82, 2.24) is 4.98 Å². The van der Waals surface area contributed by atoms with Crippen LogP contribution < -0.4 is 5.32 Å². The van der Waals surface area contributed by atoms with Crippen molar-refractivity contribution < 1.29 is 14.3 Å². The summed E-state index contributed by atoms with van der Waals surface area (Å²) in [6, 6.07) is 8.60. The van der Waals surface area contributed by atoms with Gasteiger partial charge in [0.25, 0.3) is 5.91 Å². The molecule has 0 unspecified atom stereocenters. The second-order valence-corrected chi connectivity index (χ2v) is 6.04. The molecule has 2 aromatic rings. The Hall–Kier alpha value is -2.72. The number of esters is 1. The Balaban J connectivity index is 2.04. The molecule has 1 aromatic heterocycles. The Morgan fingerprint density at radius 1 is 1.35 bits per heavy atom. The van der Waals surface area contributed by atoms with E-state index in [1.165, 1.54) is 18.3 Å². The average Bonchev–Trinajstić information content (AvgIpc) is 2.86. The molecule has 7 heteroatoms. The minimum absolute atomic E-state index is 0.341. The molecule has 1 heterocycles. The normalized spacial score (nSPS) is 11.4. The van der Waals surface area contributed by atoms with E-state index in [-0.39, 0.29) is 0 Å². The van der Waals surface area contributed by atoms with Gasteiger partial charge in [0, 0.05) is 0 Å². The first-order valence-electron chi connectivity index (χ1n) is 6.87. The minimum atomic E-state index is -0.990. The van der Waals surface area contributed by atoms with Gasteiger partial charge in [0.05, 0.1) is 22.0 Å². The summed E-state index contributed by atoms with van der Waals surface area (Å²) in [4.78, 5) is 28.8. The maximum Gasteiger partial charge on any atom is 0.351 e. The Morgan fingerprint density at radius 3 is 2.65 bits per heavy atom. The van der Waals surface area contributed by atoms with Crippen molar-refractivity contribution in [2.24, 2.45) is 0 Å². The van der Waals surface area contributed by atoms with Crippen LogP contribution in [0.25, 0.3) is 0 Å². The molecule has 0 bridgehead atoms. The van der Waals surface area contributed by atoms with Crippen molar-refractivity contribution in [3.63, 3.8) is 0 Å². The van der Waals surface area contributed by atoms with Gasteiger partial charge in [-0.2, -0.15) is 5.26 Å². The second-order valence-electron chi connectivity index (χ2n) is 4.84. The lowest BCUT2D eigenvalue weighted by Crippen LogP contribution is -2.30. The molecule has 6 nitrogen and oxygen atoms in total. The zero-order chi connectivity index (χ0) is 17.0. The number of anilines is 1. The van der Waals surface area contributed by atoms with E-state index in [2.05, 4.69) is 10.3 Å². The van der Waals surface area contributed by atoms with Gasteiger partial charge in [-0.15, -0.1) is 11.3 Å². The molecule has 0 spiro atoms. The summed E-state index contributed by atoms with van der Waals surface area (Å²) in [7, 11) is 0. The van der Waals surface area contributed by atoms with Gasteiger partial charge in [-0.25, -0.2) is 9.78 Å². The van der Waals surface area contributed by atoms with Crippen molar-refractivity contribution in [2.75, 3.05) is 5.32 Å². The molecule has 1 N–H and O–H groups in total. The number of aromatic nitrogens is 1. The van der Waals surface area contributed by atoms with Crippen LogP contribution in [0.5, 0.6) is 0 Å². The van der Waals surface area contributed by atoms with Crippen LogP contribution in [0.1, 0.15) is 32.9 Å². The van der Waals surface area contributed by atoms with Gasteiger partial charge < -0.3 is 10.1 Å². The number of hydrogen-bond acceptors (Lipinski definition) is 6. The lowest BCUT2D eigenvalue weighted by Gasteiger charge is -2.13. The van der Waals surface area contributed by atoms with Crippen molar-refractivity contribution in [2.45, 2.75) is 26.9 Å². The third-order valence-corrected chi connectivity index (χ3v) is 4.10. The van der Waals surface area contributed by atoms with Crippen LogP contribution in [0.15, 0.2) is 24.3 Å². The summed E-state index contributed by atoms with van der Waals surface area (Å²) in [6.45, 7) is 4.99. The van der Waals surface area contributed by atoms with Crippen LogP contribution in [-0.4, -0.2) is 23.0 Å². The predicted octanol–water partition coefficient (Wildman–Crippen LogP) is 2.82. The van der Waals surface area contributed by atoms with Gasteiger partial charge in [-0.1, -0.05) is 12.1 Å². The molecule has 0 fully saturated rings. The molecule has 1 aromatic carbocycles. The second kappa shape index (κ2) is 7.03. The number of aryl methyl sites for hydroxylation is 2. The summed E-state index contributed by atoms with van der Waals surface area (Å²) < 4.78 is 5.17. The first kappa shape index (κ1) is 16.6. The fourth-order valence-corrected chi connectivity index (χ4v) is 2.72. The van der Waals surface area contributed by atoms with E-state index in [1.54, 1.807) is 38.1 Å². The monoisotopic (exact) mass is 329 g/mol. The molecule has 0 aliphatic rings. The van der Waals surface area contributed by atoms with E-state index in [1.807, 2.05) is 6.07 Å². The standard InChI is InChI=1S/C16H15N3O3S/c1-9-14(23-11(3)18-9)16(21)22-10(2)15(20)19-13-7-5-4-6-12(13)8-17/h4-7,10H,1-3H3,(H,19,20)/t10-/m0/s1. The quantitative estimate of drug-likeness (QED) is 0.871. The summed E-state index contributed by atoms with van der Waals surface area (Å²) in [5.74, 6) is -1.08. The SMILES string of the molecule is Cc1nc(C)c(C(=O)O[C@@H](C)C(=O)Nc2ccccc2C#N)s1. The maximum atomic E-state index is 12.1. The van der Waals surface area contributed by atoms with Crippen molar-refractivity contribution in [1.29, 1.82) is 5.26 Å². The number of nitrogens with one attached hydrogen (secondary N) is 1. The number of rotatable bonds is 4.